The maximum atomic E-state index is 9.38. The maximum Gasteiger partial charge on any atom is 0.0936 e. The van der Waals surface area contributed by atoms with E-state index >= 15 is 0 Å². The van der Waals surface area contributed by atoms with Gasteiger partial charge in [0.1, 0.15) is 0 Å². The Balaban J connectivity index is 2.24. The Morgan fingerprint density at radius 3 is 2.80 bits per heavy atom. The highest BCUT2D eigenvalue weighted by Gasteiger charge is 2.32. The van der Waals surface area contributed by atoms with Crippen molar-refractivity contribution in [2.24, 2.45) is 5.73 Å². The minimum Gasteiger partial charge on any atom is -0.394 e. The fourth-order valence-corrected chi connectivity index (χ4v) is 3.11. The van der Waals surface area contributed by atoms with E-state index in [1.165, 1.54) is 11.1 Å². The molecule has 4 atom stereocenters. The number of nitrogens with zero attached hydrogens (tertiary/aromatic N) is 1. The minimum atomic E-state index is -0.121. The molecule has 0 saturated carbocycles. The molecule has 0 aliphatic carbocycles. The summed E-state index contributed by atoms with van der Waals surface area (Å²) < 4.78 is 5.72. The number of aliphatic hydroxyl groups is 1. The van der Waals surface area contributed by atoms with Crippen LogP contribution in [-0.4, -0.2) is 48.0 Å². The molecule has 1 aromatic rings. The fourth-order valence-electron chi connectivity index (χ4n) is 3.11. The van der Waals surface area contributed by atoms with Crippen LogP contribution in [-0.2, 0) is 4.74 Å². The van der Waals surface area contributed by atoms with Gasteiger partial charge in [-0.15, -0.1) is 0 Å². The van der Waals surface area contributed by atoms with Crippen LogP contribution < -0.4 is 5.73 Å². The van der Waals surface area contributed by atoms with Crippen LogP contribution in [0.2, 0.25) is 0 Å². The zero-order valence-corrected chi connectivity index (χ0v) is 12.6. The van der Waals surface area contributed by atoms with Gasteiger partial charge in [-0.25, -0.2) is 0 Å². The molecule has 1 aliphatic heterocycles. The normalized spacial score (nSPS) is 27.2. The van der Waals surface area contributed by atoms with Gasteiger partial charge in [0, 0.05) is 25.2 Å². The van der Waals surface area contributed by atoms with Gasteiger partial charge in [0.05, 0.1) is 18.8 Å². The lowest BCUT2D eigenvalue weighted by Crippen LogP contribution is -2.52. The van der Waals surface area contributed by atoms with Crippen molar-refractivity contribution in [1.29, 1.82) is 0 Å². The number of hydrogen-bond acceptors (Lipinski definition) is 4. The van der Waals surface area contributed by atoms with E-state index in [-0.39, 0.29) is 30.9 Å². The van der Waals surface area contributed by atoms with E-state index in [1.807, 2.05) is 13.8 Å². The molecule has 1 heterocycles. The molecule has 4 heteroatoms. The van der Waals surface area contributed by atoms with Gasteiger partial charge in [-0.05, 0) is 26.3 Å². The summed E-state index contributed by atoms with van der Waals surface area (Å²) in [6.07, 6.45) is -0.00299. The monoisotopic (exact) mass is 278 g/mol. The molecule has 20 heavy (non-hydrogen) atoms. The number of morpholine rings is 1. The van der Waals surface area contributed by atoms with Crippen molar-refractivity contribution in [2.75, 3.05) is 19.7 Å². The fraction of sp³-hybridized carbons (Fsp3) is 0.625. The van der Waals surface area contributed by atoms with Crippen LogP contribution in [0.1, 0.15) is 31.0 Å². The topological polar surface area (TPSA) is 58.7 Å². The number of rotatable bonds is 4. The molecule has 2 rings (SSSR count). The van der Waals surface area contributed by atoms with Crippen LogP contribution >= 0.6 is 0 Å². The van der Waals surface area contributed by atoms with Crippen LogP contribution in [0.4, 0.5) is 0 Å². The Hall–Kier alpha value is -0.940. The number of benzene rings is 1. The van der Waals surface area contributed by atoms with Crippen LogP contribution in [0, 0.1) is 6.92 Å². The van der Waals surface area contributed by atoms with Crippen LogP contribution in [0.5, 0.6) is 0 Å². The molecule has 3 N–H and O–H groups in total. The molecule has 1 aliphatic rings. The van der Waals surface area contributed by atoms with E-state index in [4.69, 9.17) is 10.5 Å². The Kier molecular flexibility index (Phi) is 5.16. The van der Waals surface area contributed by atoms with Crippen LogP contribution in [0.15, 0.2) is 24.3 Å². The van der Waals surface area contributed by atoms with E-state index in [0.29, 0.717) is 0 Å². The SMILES string of the molecule is Cc1cccc(C(C(C)N)N2CC(C)OC(CO)C2)c1. The lowest BCUT2D eigenvalue weighted by Gasteiger charge is -2.42. The summed E-state index contributed by atoms with van der Waals surface area (Å²) in [5.41, 5.74) is 8.72. The predicted octanol–water partition coefficient (Wildman–Crippen LogP) is 1.46. The molecule has 0 spiro atoms. The molecule has 0 aromatic heterocycles. The van der Waals surface area contributed by atoms with Crippen molar-refractivity contribution in [1.82, 2.24) is 4.90 Å². The summed E-state index contributed by atoms with van der Waals surface area (Å²) in [6.45, 7) is 7.81. The maximum absolute atomic E-state index is 9.38. The van der Waals surface area contributed by atoms with E-state index in [2.05, 4.69) is 36.1 Å². The molecule has 4 nitrogen and oxygen atoms in total. The minimum absolute atomic E-state index is 0.0291. The first-order valence-corrected chi connectivity index (χ1v) is 7.33. The summed E-state index contributed by atoms with van der Waals surface area (Å²) in [6, 6.07) is 8.70. The van der Waals surface area contributed by atoms with Gasteiger partial charge >= 0.3 is 0 Å². The average molecular weight is 278 g/mol. The molecule has 1 saturated heterocycles. The van der Waals surface area contributed by atoms with E-state index < -0.39 is 0 Å². The van der Waals surface area contributed by atoms with Crippen LogP contribution in [0.25, 0.3) is 0 Å². The third-order valence-electron chi connectivity index (χ3n) is 3.83. The third-order valence-corrected chi connectivity index (χ3v) is 3.83. The van der Waals surface area contributed by atoms with Gasteiger partial charge in [0.25, 0.3) is 0 Å². The number of nitrogens with two attached hydrogens (primary N) is 1. The van der Waals surface area contributed by atoms with Gasteiger partial charge in [-0.1, -0.05) is 29.8 Å². The number of aliphatic hydroxyl groups excluding tert-OH is 1. The number of ether oxygens (including phenoxy) is 1. The van der Waals surface area contributed by atoms with Crippen LogP contribution in [0.3, 0.4) is 0 Å². The van der Waals surface area contributed by atoms with Crippen molar-refractivity contribution in [3.63, 3.8) is 0 Å². The first-order valence-electron chi connectivity index (χ1n) is 7.33. The van der Waals surface area contributed by atoms with Crippen molar-refractivity contribution in [3.05, 3.63) is 35.4 Å². The standard InChI is InChI=1S/C16H26N2O2/c1-11-5-4-6-14(7-11)16(13(3)17)18-8-12(2)20-15(9-18)10-19/h4-7,12-13,15-16,19H,8-10,17H2,1-3H3. The third kappa shape index (κ3) is 3.58. The Morgan fingerprint density at radius 1 is 1.45 bits per heavy atom. The number of aryl methyl sites for hydroxylation is 1. The van der Waals surface area contributed by atoms with Crippen molar-refractivity contribution in [3.8, 4) is 0 Å². The zero-order valence-electron chi connectivity index (χ0n) is 12.6. The molecule has 0 radical (unpaired) electrons. The quantitative estimate of drug-likeness (QED) is 0.875. The Labute approximate surface area is 121 Å². The van der Waals surface area contributed by atoms with E-state index in [0.717, 1.165) is 13.1 Å². The van der Waals surface area contributed by atoms with Crippen molar-refractivity contribution in [2.45, 2.75) is 45.1 Å². The van der Waals surface area contributed by atoms with Gasteiger partial charge < -0.3 is 15.6 Å². The molecule has 0 bridgehead atoms. The molecule has 1 aromatic carbocycles. The first kappa shape index (κ1) is 15.4. The smallest absolute Gasteiger partial charge is 0.0936 e. The summed E-state index contributed by atoms with van der Waals surface area (Å²) in [5.74, 6) is 0. The van der Waals surface area contributed by atoms with Gasteiger partial charge in [0.15, 0.2) is 0 Å². The van der Waals surface area contributed by atoms with Crippen molar-refractivity contribution < 1.29 is 9.84 Å². The first-order chi connectivity index (χ1) is 9.51. The molecule has 4 unspecified atom stereocenters. The number of hydrogen-bond donors (Lipinski definition) is 2. The largest absolute Gasteiger partial charge is 0.394 e. The molecular formula is C16H26N2O2. The van der Waals surface area contributed by atoms with E-state index in [9.17, 15) is 5.11 Å². The predicted molar refractivity (Wildman–Crippen MR) is 80.6 cm³/mol. The van der Waals surface area contributed by atoms with E-state index in [1.54, 1.807) is 0 Å². The lowest BCUT2D eigenvalue weighted by molar-refractivity contribution is -0.107. The second-order valence-corrected chi connectivity index (χ2v) is 5.92. The summed E-state index contributed by atoms with van der Waals surface area (Å²) in [5, 5.41) is 9.38. The van der Waals surface area contributed by atoms with Crippen molar-refractivity contribution >= 4 is 0 Å². The second kappa shape index (κ2) is 6.68. The summed E-state index contributed by atoms with van der Waals surface area (Å²) in [4.78, 5) is 2.34. The average Bonchev–Trinajstić information content (AvgIpc) is 2.37. The second-order valence-electron chi connectivity index (χ2n) is 5.92. The molecule has 1 fully saturated rings. The molecular weight excluding hydrogens is 252 g/mol. The van der Waals surface area contributed by atoms with Gasteiger partial charge in [-0.2, -0.15) is 0 Å². The Morgan fingerprint density at radius 2 is 2.20 bits per heavy atom. The van der Waals surface area contributed by atoms with Gasteiger partial charge in [-0.3, -0.25) is 4.90 Å². The highest BCUT2D eigenvalue weighted by atomic mass is 16.5. The summed E-state index contributed by atoms with van der Waals surface area (Å²) in [7, 11) is 0. The molecule has 0 amide bonds. The zero-order chi connectivity index (χ0) is 14.7. The highest BCUT2D eigenvalue weighted by molar-refractivity contribution is 5.26. The van der Waals surface area contributed by atoms with Gasteiger partial charge in [0.2, 0.25) is 0 Å². The highest BCUT2D eigenvalue weighted by Crippen LogP contribution is 2.27. The summed E-state index contributed by atoms with van der Waals surface area (Å²) >= 11 is 0. The lowest BCUT2D eigenvalue weighted by atomic mass is 9.96. The Bertz CT molecular complexity index is 436. The molecule has 112 valence electrons.